The van der Waals surface area contributed by atoms with Crippen molar-refractivity contribution in [1.82, 2.24) is 5.32 Å². The first-order chi connectivity index (χ1) is 7.52. The summed E-state index contributed by atoms with van der Waals surface area (Å²) in [5.74, 6) is -1.24. The van der Waals surface area contributed by atoms with Gasteiger partial charge in [0.1, 0.15) is 6.04 Å². The molecule has 0 aliphatic carbocycles. The molecule has 0 heterocycles. The maximum atomic E-state index is 11.4. The maximum absolute atomic E-state index is 11.4. The van der Waals surface area contributed by atoms with Crippen LogP contribution in [0, 0.1) is 5.92 Å². The molecule has 0 saturated carbocycles. The summed E-state index contributed by atoms with van der Waals surface area (Å²) in [6.07, 6.45) is 2.56. The highest BCUT2D eigenvalue weighted by molar-refractivity contribution is 5.83. The van der Waals surface area contributed by atoms with Gasteiger partial charge < -0.3 is 16.2 Å². The number of nitrogens with two attached hydrogens (primary N) is 1. The number of carboxylic acids is 1. The predicted octanol–water partition coefficient (Wildman–Crippen LogP) is 0.731. The van der Waals surface area contributed by atoms with E-state index in [1.54, 1.807) is 0 Å². The number of carbonyl (C=O) groups is 2. The summed E-state index contributed by atoms with van der Waals surface area (Å²) in [4.78, 5) is 22.4. The van der Waals surface area contributed by atoms with Gasteiger partial charge in [-0.15, -0.1) is 0 Å². The number of nitrogens with one attached hydrogen (secondary N) is 1. The van der Waals surface area contributed by atoms with Crippen LogP contribution in [0.4, 0.5) is 0 Å². The van der Waals surface area contributed by atoms with Gasteiger partial charge in [-0.1, -0.05) is 20.3 Å². The molecule has 94 valence electrons. The Morgan fingerprint density at radius 2 is 2.00 bits per heavy atom. The highest BCUT2D eigenvalue weighted by Crippen LogP contribution is 2.08. The minimum atomic E-state index is -0.971. The van der Waals surface area contributed by atoms with E-state index < -0.39 is 12.0 Å². The van der Waals surface area contributed by atoms with Crippen LogP contribution in [-0.2, 0) is 9.59 Å². The SMILES string of the molecule is CCC(C)[C@H](NC(=O)CCCCN)C(=O)O. The van der Waals surface area contributed by atoms with Gasteiger partial charge in [-0.05, 0) is 25.3 Å². The molecule has 0 aromatic heterocycles. The van der Waals surface area contributed by atoms with Gasteiger partial charge in [-0.3, -0.25) is 4.79 Å². The molecule has 16 heavy (non-hydrogen) atoms. The zero-order valence-electron chi connectivity index (χ0n) is 10.0. The number of carboxylic acid groups (broad SMARTS) is 1. The summed E-state index contributed by atoms with van der Waals surface area (Å²) in [6, 6.07) is -0.782. The number of aliphatic carboxylic acids is 1. The van der Waals surface area contributed by atoms with Crippen molar-refractivity contribution in [1.29, 1.82) is 0 Å². The fourth-order valence-corrected chi connectivity index (χ4v) is 1.36. The van der Waals surface area contributed by atoms with Crippen molar-refractivity contribution in [2.24, 2.45) is 11.7 Å². The lowest BCUT2D eigenvalue weighted by molar-refractivity contribution is -0.143. The molecule has 5 nitrogen and oxygen atoms in total. The van der Waals surface area contributed by atoms with Crippen molar-refractivity contribution in [2.75, 3.05) is 6.54 Å². The number of hydrogen-bond donors (Lipinski definition) is 3. The van der Waals surface area contributed by atoms with E-state index >= 15 is 0 Å². The fraction of sp³-hybridized carbons (Fsp3) is 0.818. The van der Waals surface area contributed by atoms with Crippen LogP contribution in [0.15, 0.2) is 0 Å². The zero-order chi connectivity index (χ0) is 12.6. The van der Waals surface area contributed by atoms with Gasteiger partial charge in [0.25, 0.3) is 0 Å². The molecule has 4 N–H and O–H groups in total. The number of amides is 1. The van der Waals surface area contributed by atoms with Crippen LogP contribution in [0.2, 0.25) is 0 Å². The highest BCUT2D eigenvalue weighted by atomic mass is 16.4. The van der Waals surface area contributed by atoms with E-state index in [-0.39, 0.29) is 11.8 Å². The van der Waals surface area contributed by atoms with Crippen molar-refractivity contribution in [3.05, 3.63) is 0 Å². The Hall–Kier alpha value is -1.10. The standard InChI is InChI=1S/C11H22N2O3/c1-3-8(2)10(11(15)16)13-9(14)6-4-5-7-12/h8,10H,3-7,12H2,1-2H3,(H,13,14)(H,15,16)/t8?,10-/m0/s1. The second-order valence-electron chi connectivity index (χ2n) is 4.01. The quantitative estimate of drug-likeness (QED) is 0.536. The Bertz CT molecular complexity index is 231. The normalized spacial score (nSPS) is 14.2. The first-order valence-electron chi connectivity index (χ1n) is 5.75. The topological polar surface area (TPSA) is 92.4 Å². The minimum absolute atomic E-state index is 0.0593. The smallest absolute Gasteiger partial charge is 0.326 e. The minimum Gasteiger partial charge on any atom is -0.480 e. The first-order valence-corrected chi connectivity index (χ1v) is 5.75. The molecule has 0 spiro atoms. The van der Waals surface area contributed by atoms with E-state index in [9.17, 15) is 9.59 Å². The molecular formula is C11H22N2O3. The van der Waals surface area contributed by atoms with Gasteiger partial charge in [0.2, 0.25) is 5.91 Å². The molecule has 0 radical (unpaired) electrons. The van der Waals surface area contributed by atoms with Gasteiger partial charge in [0, 0.05) is 6.42 Å². The van der Waals surface area contributed by atoms with Crippen molar-refractivity contribution < 1.29 is 14.7 Å². The predicted molar refractivity (Wildman–Crippen MR) is 61.9 cm³/mol. The molecule has 0 rings (SSSR count). The third-order valence-electron chi connectivity index (χ3n) is 2.65. The van der Waals surface area contributed by atoms with Gasteiger partial charge >= 0.3 is 5.97 Å². The van der Waals surface area contributed by atoms with Crippen LogP contribution in [0.5, 0.6) is 0 Å². The lowest BCUT2D eigenvalue weighted by atomic mass is 9.99. The molecule has 5 heteroatoms. The number of hydrogen-bond acceptors (Lipinski definition) is 3. The summed E-state index contributed by atoms with van der Waals surface area (Å²) in [5.41, 5.74) is 5.31. The van der Waals surface area contributed by atoms with Crippen LogP contribution >= 0.6 is 0 Å². The van der Waals surface area contributed by atoms with Gasteiger partial charge in [0.15, 0.2) is 0 Å². The molecule has 0 aliphatic rings. The lowest BCUT2D eigenvalue weighted by Crippen LogP contribution is -2.44. The summed E-state index contributed by atoms with van der Waals surface area (Å²) >= 11 is 0. The molecule has 2 atom stereocenters. The van der Waals surface area contributed by atoms with E-state index in [1.165, 1.54) is 0 Å². The molecule has 1 amide bonds. The van der Waals surface area contributed by atoms with Crippen LogP contribution < -0.4 is 11.1 Å². The second-order valence-corrected chi connectivity index (χ2v) is 4.01. The van der Waals surface area contributed by atoms with Crippen LogP contribution in [0.1, 0.15) is 39.5 Å². The molecule has 0 aromatic carbocycles. The molecule has 0 bridgehead atoms. The molecular weight excluding hydrogens is 208 g/mol. The van der Waals surface area contributed by atoms with Gasteiger partial charge in [0.05, 0.1) is 0 Å². The van der Waals surface area contributed by atoms with Crippen LogP contribution in [0.25, 0.3) is 0 Å². The maximum Gasteiger partial charge on any atom is 0.326 e. The largest absolute Gasteiger partial charge is 0.480 e. The lowest BCUT2D eigenvalue weighted by Gasteiger charge is -2.20. The monoisotopic (exact) mass is 230 g/mol. The average Bonchev–Trinajstić information content (AvgIpc) is 2.25. The number of rotatable bonds is 8. The average molecular weight is 230 g/mol. The van der Waals surface area contributed by atoms with E-state index in [0.717, 1.165) is 12.8 Å². The van der Waals surface area contributed by atoms with Gasteiger partial charge in [-0.25, -0.2) is 4.79 Å². The van der Waals surface area contributed by atoms with E-state index in [1.807, 2.05) is 13.8 Å². The van der Waals surface area contributed by atoms with Crippen molar-refractivity contribution >= 4 is 11.9 Å². The zero-order valence-corrected chi connectivity index (χ0v) is 10.0. The Labute approximate surface area is 96.4 Å². The Kier molecular flexibility index (Phi) is 7.54. The van der Waals surface area contributed by atoms with E-state index in [0.29, 0.717) is 19.4 Å². The molecule has 1 unspecified atom stereocenters. The molecule has 0 aromatic rings. The van der Waals surface area contributed by atoms with Crippen LogP contribution in [-0.4, -0.2) is 29.6 Å². The number of unbranched alkanes of at least 4 members (excludes halogenated alkanes) is 1. The molecule has 0 aliphatic heterocycles. The fourth-order valence-electron chi connectivity index (χ4n) is 1.36. The third kappa shape index (κ3) is 5.70. The number of carbonyl (C=O) groups excluding carboxylic acids is 1. The van der Waals surface area contributed by atoms with E-state index in [4.69, 9.17) is 10.8 Å². The Balaban J connectivity index is 4.09. The summed E-state index contributed by atoms with van der Waals surface area (Å²) in [6.45, 7) is 4.28. The van der Waals surface area contributed by atoms with Crippen molar-refractivity contribution in [3.63, 3.8) is 0 Å². The van der Waals surface area contributed by atoms with Gasteiger partial charge in [-0.2, -0.15) is 0 Å². The summed E-state index contributed by atoms with van der Waals surface area (Å²) < 4.78 is 0. The van der Waals surface area contributed by atoms with Crippen LogP contribution in [0.3, 0.4) is 0 Å². The van der Waals surface area contributed by atoms with Crippen molar-refractivity contribution in [3.8, 4) is 0 Å². The second kappa shape index (κ2) is 8.10. The summed E-state index contributed by atoms with van der Waals surface area (Å²) in [5, 5.41) is 11.5. The van der Waals surface area contributed by atoms with Crippen molar-refractivity contribution in [2.45, 2.75) is 45.6 Å². The first kappa shape index (κ1) is 14.9. The third-order valence-corrected chi connectivity index (χ3v) is 2.65. The van der Waals surface area contributed by atoms with E-state index in [2.05, 4.69) is 5.32 Å². The highest BCUT2D eigenvalue weighted by Gasteiger charge is 2.24. The molecule has 0 fully saturated rings. The Morgan fingerprint density at radius 1 is 1.38 bits per heavy atom. The summed E-state index contributed by atoms with van der Waals surface area (Å²) in [7, 11) is 0. The Morgan fingerprint density at radius 3 is 2.44 bits per heavy atom. The molecule has 0 saturated heterocycles.